The number of nitrogens with zero attached hydrogens (tertiary/aromatic N) is 2. The maximum absolute atomic E-state index is 15.1. The van der Waals surface area contributed by atoms with Crippen molar-refractivity contribution in [2.45, 2.75) is 51.2 Å². The Bertz CT molecular complexity index is 1190. The molecule has 2 aliphatic rings. The molecule has 0 unspecified atom stereocenters. The number of carbonyl (C=O) groups excluding carboxylic acids is 1. The molecular formula is C30H37FN2O3. The van der Waals surface area contributed by atoms with Crippen LogP contribution < -0.4 is 0 Å². The minimum absolute atomic E-state index is 0.310. The maximum Gasteiger partial charge on any atom is 0.337 e. The number of rotatable bonds is 7. The molecule has 2 aromatic carbocycles. The van der Waals surface area contributed by atoms with E-state index in [1.807, 2.05) is 24.3 Å². The summed E-state index contributed by atoms with van der Waals surface area (Å²) >= 11 is 0. The second-order valence-electron chi connectivity index (χ2n) is 10.5. The van der Waals surface area contributed by atoms with E-state index in [9.17, 15) is 4.79 Å². The van der Waals surface area contributed by atoms with Gasteiger partial charge in [-0.05, 0) is 74.5 Å². The molecule has 0 N–H and O–H groups in total. The first-order valence-corrected chi connectivity index (χ1v) is 13.2. The highest BCUT2D eigenvalue weighted by atomic mass is 19.1. The third kappa shape index (κ3) is 5.35. The molecule has 0 aliphatic carbocycles. The summed E-state index contributed by atoms with van der Waals surface area (Å²) in [6.07, 6.45) is 4.07. The Morgan fingerprint density at radius 1 is 1.08 bits per heavy atom. The van der Waals surface area contributed by atoms with Crippen LogP contribution in [0.2, 0.25) is 0 Å². The van der Waals surface area contributed by atoms with Crippen LogP contribution in [0, 0.1) is 12.8 Å². The Morgan fingerprint density at radius 2 is 1.78 bits per heavy atom. The molecule has 3 aromatic rings. The van der Waals surface area contributed by atoms with Crippen LogP contribution in [0.5, 0.6) is 0 Å². The van der Waals surface area contributed by atoms with Crippen molar-refractivity contribution in [3.8, 4) is 0 Å². The van der Waals surface area contributed by atoms with Crippen LogP contribution in [0.4, 0.5) is 4.39 Å². The Balaban J connectivity index is 1.28. The molecule has 6 heteroatoms. The zero-order chi connectivity index (χ0) is 25.1. The monoisotopic (exact) mass is 492 g/mol. The van der Waals surface area contributed by atoms with E-state index in [1.54, 1.807) is 0 Å². The predicted molar refractivity (Wildman–Crippen MR) is 140 cm³/mol. The standard InChI is InChI=1S/C30H37FN2O3/c1-22-27(19-23-7-9-25(10-8-23)29(34)35-2)26-5-3-4-6-28(26)33(22)20-24-11-15-32(16-12-24)21-30(31)13-17-36-18-14-30/h3-10,24H,11-21H2,1-2H3. The number of para-hydroxylation sites is 1. The largest absolute Gasteiger partial charge is 0.465 e. The fourth-order valence-electron chi connectivity index (χ4n) is 5.92. The van der Waals surface area contributed by atoms with Crippen LogP contribution in [-0.2, 0) is 22.4 Å². The summed E-state index contributed by atoms with van der Waals surface area (Å²) in [5, 5.41) is 1.29. The lowest BCUT2D eigenvalue weighted by molar-refractivity contribution is -0.0318. The van der Waals surface area contributed by atoms with Crippen LogP contribution in [0.25, 0.3) is 10.9 Å². The zero-order valence-corrected chi connectivity index (χ0v) is 21.5. The van der Waals surface area contributed by atoms with Crippen LogP contribution in [0.15, 0.2) is 48.5 Å². The SMILES string of the molecule is COC(=O)c1ccc(Cc2c(C)n(CC3CCN(CC4(F)CCOCC4)CC3)c3ccccc23)cc1. The summed E-state index contributed by atoms with van der Waals surface area (Å²) in [4.78, 5) is 14.1. The molecule has 2 fully saturated rings. The van der Waals surface area contributed by atoms with Crippen molar-refractivity contribution in [2.24, 2.45) is 5.92 Å². The number of benzene rings is 2. The molecule has 36 heavy (non-hydrogen) atoms. The third-order valence-corrected chi connectivity index (χ3v) is 8.16. The second kappa shape index (κ2) is 10.7. The fraction of sp³-hybridized carbons (Fsp3) is 0.500. The lowest BCUT2D eigenvalue weighted by Crippen LogP contribution is -2.46. The molecule has 0 spiro atoms. The minimum Gasteiger partial charge on any atom is -0.465 e. The Labute approximate surface area is 213 Å². The van der Waals surface area contributed by atoms with E-state index in [1.165, 1.54) is 34.8 Å². The van der Waals surface area contributed by atoms with Crippen LogP contribution >= 0.6 is 0 Å². The summed E-state index contributed by atoms with van der Waals surface area (Å²) in [6.45, 7) is 6.80. The van der Waals surface area contributed by atoms with E-state index < -0.39 is 5.67 Å². The molecule has 0 radical (unpaired) electrons. The van der Waals surface area contributed by atoms with Crippen molar-refractivity contribution < 1.29 is 18.7 Å². The number of likely N-dealkylation sites (tertiary alicyclic amines) is 1. The van der Waals surface area contributed by atoms with Gasteiger partial charge in [-0.2, -0.15) is 0 Å². The van der Waals surface area contributed by atoms with Gasteiger partial charge in [0.15, 0.2) is 0 Å². The number of methoxy groups -OCH3 is 1. The van der Waals surface area contributed by atoms with Crippen molar-refractivity contribution in [2.75, 3.05) is 40.0 Å². The highest BCUT2D eigenvalue weighted by Crippen LogP contribution is 2.32. The van der Waals surface area contributed by atoms with E-state index in [0.717, 1.165) is 38.9 Å². The summed E-state index contributed by atoms with van der Waals surface area (Å²) in [5.41, 5.74) is 4.59. The van der Waals surface area contributed by atoms with Crippen molar-refractivity contribution in [3.05, 3.63) is 70.9 Å². The van der Waals surface area contributed by atoms with Gasteiger partial charge < -0.3 is 18.9 Å². The van der Waals surface area contributed by atoms with Crippen LogP contribution in [0.3, 0.4) is 0 Å². The summed E-state index contributed by atoms with van der Waals surface area (Å²) in [6, 6.07) is 16.4. The maximum atomic E-state index is 15.1. The first kappa shape index (κ1) is 25.0. The number of aromatic nitrogens is 1. The smallest absolute Gasteiger partial charge is 0.337 e. The Morgan fingerprint density at radius 3 is 2.47 bits per heavy atom. The van der Waals surface area contributed by atoms with E-state index in [0.29, 0.717) is 44.1 Å². The van der Waals surface area contributed by atoms with Gasteiger partial charge in [0.25, 0.3) is 0 Å². The highest BCUT2D eigenvalue weighted by molar-refractivity contribution is 5.89. The van der Waals surface area contributed by atoms with E-state index in [2.05, 4.69) is 40.7 Å². The van der Waals surface area contributed by atoms with Crippen LogP contribution in [-0.4, -0.2) is 61.1 Å². The number of fused-ring (bicyclic) bond motifs is 1. The van der Waals surface area contributed by atoms with Crippen molar-refractivity contribution in [1.82, 2.24) is 9.47 Å². The number of hydrogen-bond donors (Lipinski definition) is 0. The van der Waals surface area contributed by atoms with E-state index >= 15 is 4.39 Å². The Hall–Kier alpha value is -2.70. The van der Waals surface area contributed by atoms with Gasteiger partial charge >= 0.3 is 5.97 Å². The van der Waals surface area contributed by atoms with Gasteiger partial charge in [0.2, 0.25) is 0 Å². The van der Waals surface area contributed by atoms with E-state index in [4.69, 9.17) is 9.47 Å². The number of carbonyl (C=O) groups is 1. The fourth-order valence-corrected chi connectivity index (χ4v) is 5.92. The molecule has 3 heterocycles. The molecule has 5 nitrogen and oxygen atoms in total. The molecule has 192 valence electrons. The second-order valence-corrected chi connectivity index (χ2v) is 10.5. The van der Waals surface area contributed by atoms with Gasteiger partial charge in [-0.25, -0.2) is 9.18 Å². The molecule has 0 amide bonds. The van der Waals surface area contributed by atoms with Gasteiger partial charge in [-0.15, -0.1) is 0 Å². The molecule has 0 atom stereocenters. The first-order valence-electron chi connectivity index (χ1n) is 13.2. The average molecular weight is 493 g/mol. The van der Waals surface area contributed by atoms with Gasteiger partial charge in [-0.3, -0.25) is 0 Å². The van der Waals surface area contributed by atoms with Crippen LogP contribution in [0.1, 0.15) is 52.9 Å². The summed E-state index contributed by atoms with van der Waals surface area (Å²) in [7, 11) is 1.40. The predicted octanol–water partition coefficient (Wildman–Crippen LogP) is 5.56. The lowest BCUT2D eigenvalue weighted by atomic mass is 9.92. The summed E-state index contributed by atoms with van der Waals surface area (Å²) in [5.74, 6) is 0.281. The number of ether oxygens (including phenoxy) is 2. The molecule has 2 aliphatic heterocycles. The number of hydrogen-bond acceptors (Lipinski definition) is 4. The van der Waals surface area contributed by atoms with Crippen molar-refractivity contribution in [1.29, 1.82) is 0 Å². The quantitative estimate of drug-likeness (QED) is 0.405. The summed E-state index contributed by atoms with van der Waals surface area (Å²) < 4.78 is 27.8. The molecule has 2 saturated heterocycles. The number of alkyl halides is 1. The van der Waals surface area contributed by atoms with Gasteiger partial charge in [0.05, 0.1) is 12.7 Å². The number of piperidine rings is 1. The third-order valence-electron chi connectivity index (χ3n) is 8.16. The van der Waals surface area contributed by atoms with Gasteiger partial charge in [0, 0.05) is 55.7 Å². The molecule has 0 saturated carbocycles. The molecular weight excluding hydrogens is 455 g/mol. The molecule has 5 rings (SSSR count). The number of esters is 1. The van der Waals surface area contributed by atoms with Crippen molar-refractivity contribution >= 4 is 16.9 Å². The lowest BCUT2D eigenvalue weighted by Gasteiger charge is -2.38. The molecule has 1 aromatic heterocycles. The average Bonchev–Trinajstić information content (AvgIpc) is 3.16. The normalized spacial score (nSPS) is 19.0. The van der Waals surface area contributed by atoms with Crippen molar-refractivity contribution in [3.63, 3.8) is 0 Å². The van der Waals surface area contributed by atoms with Gasteiger partial charge in [-0.1, -0.05) is 30.3 Å². The number of halogens is 1. The van der Waals surface area contributed by atoms with E-state index in [-0.39, 0.29) is 5.97 Å². The minimum atomic E-state index is -1.08. The topological polar surface area (TPSA) is 43.7 Å². The molecule has 0 bridgehead atoms. The van der Waals surface area contributed by atoms with Gasteiger partial charge in [0.1, 0.15) is 5.67 Å². The first-order chi connectivity index (χ1) is 17.5. The zero-order valence-electron chi connectivity index (χ0n) is 21.5. The Kier molecular flexibility index (Phi) is 7.44. The highest BCUT2D eigenvalue weighted by Gasteiger charge is 2.35.